The second kappa shape index (κ2) is 6.81. The van der Waals surface area contributed by atoms with Crippen molar-refractivity contribution in [2.24, 2.45) is 16.6 Å². The van der Waals surface area contributed by atoms with Crippen LogP contribution in [-0.2, 0) is 5.54 Å². The number of carbonyl (C=O) groups is 1. The van der Waals surface area contributed by atoms with Crippen LogP contribution in [0.4, 0.5) is 14.5 Å². The van der Waals surface area contributed by atoms with E-state index in [1.165, 1.54) is 30.1 Å². The summed E-state index contributed by atoms with van der Waals surface area (Å²) >= 11 is 1.45. The lowest BCUT2D eigenvalue weighted by atomic mass is 9.86. The van der Waals surface area contributed by atoms with Crippen molar-refractivity contribution in [3.63, 3.8) is 0 Å². The Morgan fingerprint density at radius 1 is 1.41 bits per heavy atom. The highest BCUT2D eigenvalue weighted by molar-refractivity contribution is 8.14. The molecule has 1 aliphatic heterocycles. The fraction of sp³-hybridized carbons (Fsp3) is 0.300. The summed E-state index contributed by atoms with van der Waals surface area (Å²) < 4.78 is 29.1. The van der Waals surface area contributed by atoms with E-state index in [9.17, 15) is 13.6 Å². The molecule has 1 saturated carbocycles. The molecule has 148 valence electrons. The van der Waals surface area contributed by atoms with Crippen LogP contribution in [0.1, 0.15) is 40.5 Å². The van der Waals surface area contributed by atoms with Gasteiger partial charge in [0.05, 0.1) is 11.1 Å². The fourth-order valence-electron chi connectivity index (χ4n) is 3.74. The number of thioether (sulfide) groups is 1. The predicted molar refractivity (Wildman–Crippen MR) is 106 cm³/mol. The second-order valence-corrected chi connectivity index (χ2v) is 8.63. The molecule has 1 aromatic heterocycles. The Balaban J connectivity index is 1.69. The minimum Gasteiger partial charge on any atom is -0.379 e. The summed E-state index contributed by atoms with van der Waals surface area (Å²) in [6.45, 7) is 3.38. The molecule has 3 atom stereocenters. The maximum atomic E-state index is 14.7. The third-order valence-corrected chi connectivity index (χ3v) is 6.48. The molecule has 0 radical (unpaired) electrons. The van der Waals surface area contributed by atoms with Crippen LogP contribution in [0, 0.1) is 35.8 Å². The van der Waals surface area contributed by atoms with Gasteiger partial charge in [0.2, 0.25) is 0 Å². The Hall–Kier alpha value is -2.99. The molecule has 0 unspecified atom stereocenters. The van der Waals surface area contributed by atoms with Crippen molar-refractivity contribution in [2.75, 3.05) is 5.32 Å². The van der Waals surface area contributed by atoms with Crippen molar-refractivity contribution in [2.45, 2.75) is 31.1 Å². The molecule has 1 aliphatic carbocycles. The van der Waals surface area contributed by atoms with Crippen molar-refractivity contribution < 1.29 is 13.6 Å². The Morgan fingerprint density at radius 2 is 2.17 bits per heavy atom. The van der Waals surface area contributed by atoms with Gasteiger partial charge in [0.1, 0.15) is 11.8 Å². The number of aromatic nitrogens is 1. The van der Waals surface area contributed by atoms with Gasteiger partial charge in [-0.1, -0.05) is 11.8 Å². The van der Waals surface area contributed by atoms with Gasteiger partial charge in [-0.2, -0.15) is 5.26 Å². The van der Waals surface area contributed by atoms with Gasteiger partial charge in [-0.25, -0.2) is 13.8 Å². The minimum absolute atomic E-state index is 0.0575. The molecule has 3 N–H and O–H groups in total. The maximum Gasteiger partial charge on any atom is 0.274 e. The van der Waals surface area contributed by atoms with Gasteiger partial charge in [-0.05, 0) is 38.0 Å². The number of amidine groups is 1. The van der Waals surface area contributed by atoms with Crippen LogP contribution in [0.15, 0.2) is 29.4 Å². The summed E-state index contributed by atoms with van der Waals surface area (Å²) in [5.74, 6) is -2.59. The number of benzene rings is 1. The molecule has 4 rings (SSSR count). The van der Waals surface area contributed by atoms with Gasteiger partial charge >= 0.3 is 0 Å². The SMILES string of the molecule is Cc1cc(C#N)cnc1C(=O)Nc1cc(F)c(F)c([C@@]2(C)N=C(N)S[C@H]3C[C@H]32)c1. The molecule has 0 saturated heterocycles. The number of amides is 1. The lowest BCUT2D eigenvalue weighted by Gasteiger charge is -2.30. The van der Waals surface area contributed by atoms with Crippen LogP contribution in [0.5, 0.6) is 0 Å². The zero-order chi connectivity index (χ0) is 20.9. The lowest BCUT2D eigenvalue weighted by Crippen LogP contribution is -2.32. The summed E-state index contributed by atoms with van der Waals surface area (Å²) in [5.41, 5.74) is 5.97. The normalized spacial score (nSPS) is 24.9. The van der Waals surface area contributed by atoms with E-state index in [4.69, 9.17) is 11.0 Å². The summed E-state index contributed by atoms with van der Waals surface area (Å²) in [5, 5.41) is 12.1. The average molecular weight is 413 g/mol. The summed E-state index contributed by atoms with van der Waals surface area (Å²) in [6.07, 6.45) is 2.10. The van der Waals surface area contributed by atoms with E-state index in [0.717, 1.165) is 12.5 Å². The molecule has 1 aromatic carbocycles. The number of nitrogens with two attached hydrogens (primary N) is 1. The smallest absolute Gasteiger partial charge is 0.274 e. The number of fused-ring (bicyclic) bond motifs is 1. The van der Waals surface area contributed by atoms with E-state index in [0.29, 0.717) is 16.3 Å². The first-order chi connectivity index (χ1) is 13.7. The maximum absolute atomic E-state index is 14.7. The van der Waals surface area contributed by atoms with Crippen LogP contribution in [-0.4, -0.2) is 21.3 Å². The lowest BCUT2D eigenvalue weighted by molar-refractivity contribution is 0.102. The first-order valence-electron chi connectivity index (χ1n) is 8.92. The highest BCUT2D eigenvalue weighted by Gasteiger charge is 2.56. The van der Waals surface area contributed by atoms with Crippen molar-refractivity contribution >= 4 is 28.5 Å². The standard InChI is InChI=1S/C20H17F2N5OS/c1-9-3-10(7-23)8-25-17(9)18(28)26-11-4-13(16(22)14(21)5-11)20(2)12-6-15(12)29-19(24)27-20/h3-5,8,12,15H,6H2,1-2H3,(H2,24,27)(H,26,28)/t12-,15+,20+/m1/s1. The molecule has 6 nitrogen and oxygen atoms in total. The van der Waals surface area contributed by atoms with E-state index in [-0.39, 0.29) is 28.1 Å². The fourth-order valence-corrected chi connectivity index (χ4v) is 5.03. The number of nitrogens with zero attached hydrogens (tertiary/aromatic N) is 3. The van der Waals surface area contributed by atoms with Crippen LogP contribution in [0.25, 0.3) is 0 Å². The number of pyridine rings is 1. The van der Waals surface area contributed by atoms with Gasteiger partial charge in [0, 0.05) is 34.7 Å². The molecular weight excluding hydrogens is 396 g/mol. The number of nitriles is 1. The molecule has 2 heterocycles. The van der Waals surface area contributed by atoms with Gasteiger partial charge in [0.25, 0.3) is 5.91 Å². The van der Waals surface area contributed by atoms with E-state index >= 15 is 0 Å². The number of nitrogens with one attached hydrogen (secondary N) is 1. The highest BCUT2D eigenvalue weighted by atomic mass is 32.2. The van der Waals surface area contributed by atoms with Crippen molar-refractivity contribution in [3.05, 3.63) is 58.4 Å². The van der Waals surface area contributed by atoms with Gasteiger partial charge in [0.15, 0.2) is 16.8 Å². The minimum atomic E-state index is -1.08. The zero-order valence-corrected chi connectivity index (χ0v) is 16.5. The third kappa shape index (κ3) is 3.34. The Labute approximate surface area is 170 Å². The zero-order valence-electron chi connectivity index (χ0n) is 15.7. The monoisotopic (exact) mass is 413 g/mol. The van der Waals surface area contributed by atoms with Crippen LogP contribution in [0.2, 0.25) is 0 Å². The Bertz CT molecular complexity index is 1110. The molecule has 0 spiro atoms. The highest BCUT2D eigenvalue weighted by Crippen LogP contribution is 2.57. The number of anilines is 1. The molecule has 29 heavy (non-hydrogen) atoms. The molecule has 0 bridgehead atoms. The molecule has 2 aromatic rings. The topological polar surface area (TPSA) is 104 Å². The number of carbonyl (C=O) groups excluding carboxylic acids is 1. The Kier molecular flexibility index (Phi) is 4.54. The van der Waals surface area contributed by atoms with Gasteiger partial charge in [-0.15, -0.1) is 0 Å². The summed E-state index contributed by atoms with van der Waals surface area (Å²) in [6, 6.07) is 5.80. The molecule has 2 aliphatic rings. The Morgan fingerprint density at radius 3 is 2.86 bits per heavy atom. The van der Waals surface area contributed by atoms with Crippen molar-refractivity contribution in [1.82, 2.24) is 4.98 Å². The number of hydrogen-bond donors (Lipinski definition) is 2. The first kappa shape index (κ1) is 19.3. The van der Waals surface area contributed by atoms with E-state index in [2.05, 4.69) is 15.3 Å². The van der Waals surface area contributed by atoms with Gasteiger partial charge < -0.3 is 11.1 Å². The average Bonchev–Trinajstić information content (AvgIpc) is 3.44. The van der Waals surface area contributed by atoms with E-state index in [1.54, 1.807) is 13.8 Å². The summed E-state index contributed by atoms with van der Waals surface area (Å²) in [7, 11) is 0. The van der Waals surface area contributed by atoms with Crippen molar-refractivity contribution in [1.29, 1.82) is 5.26 Å². The number of halogens is 2. The molecular formula is C20H17F2N5OS. The summed E-state index contributed by atoms with van der Waals surface area (Å²) in [4.78, 5) is 21.0. The number of hydrogen-bond acceptors (Lipinski definition) is 6. The van der Waals surface area contributed by atoms with Crippen LogP contribution >= 0.6 is 11.8 Å². The number of aliphatic imine (C=N–C) groups is 1. The quantitative estimate of drug-likeness (QED) is 0.802. The van der Waals surface area contributed by atoms with Crippen LogP contribution < -0.4 is 11.1 Å². The largest absolute Gasteiger partial charge is 0.379 e. The predicted octanol–water partition coefficient (Wildman–Crippen LogP) is 3.46. The molecule has 1 amide bonds. The second-order valence-electron chi connectivity index (χ2n) is 7.37. The number of rotatable bonds is 3. The molecule has 9 heteroatoms. The van der Waals surface area contributed by atoms with E-state index in [1.807, 2.05) is 6.07 Å². The van der Waals surface area contributed by atoms with E-state index < -0.39 is 23.1 Å². The molecule has 1 fully saturated rings. The third-order valence-electron chi connectivity index (χ3n) is 5.32. The number of aryl methyl sites for hydroxylation is 1. The van der Waals surface area contributed by atoms with Crippen molar-refractivity contribution in [3.8, 4) is 6.07 Å². The van der Waals surface area contributed by atoms with Gasteiger partial charge in [-0.3, -0.25) is 9.79 Å². The van der Waals surface area contributed by atoms with Crippen LogP contribution in [0.3, 0.4) is 0 Å². The first-order valence-corrected chi connectivity index (χ1v) is 9.80.